The number of pyridine rings is 1. The number of nitrogens with zero attached hydrogens (tertiary/aromatic N) is 3. The van der Waals surface area contributed by atoms with Crippen molar-refractivity contribution in [3.63, 3.8) is 0 Å². The molecule has 1 aromatic heterocycles. The molecule has 0 aromatic carbocycles. The Morgan fingerprint density at radius 1 is 1.34 bits per heavy atom. The summed E-state index contributed by atoms with van der Waals surface area (Å²) < 4.78 is 45.2. The van der Waals surface area contributed by atoms with E-state index in [1.165, 1.54) is 4.90 Å². The van der Waals surface area contributed by atoms with Gasteiger partial charge in [0.05, 0.1) is 28.8 Å². The van der Waals surface area contributed by atoms with Crippen LogP contribution < -0.4 is 10.7 Å². The highest BCUT2D eigenvalue weighted by Crippen LogP contribution is 2.41. The molecule has 1 aliphatic carbocycles. The first-order valence-electron chi connectivity index (χ1n) is 12.6. The molecule has 3 aliphatic rings. The molecule has 4 rings (SSSR count). The average Bonchev–Trinajstić information content (AvgIpc) is 3.42. The number of alkyl carbamates (subject to hydrolysis) is 1. The van der Waals surface area contributed by atoms with Gasteiger partial charge in [-0.05, 0) is 51.3 Å². The minimum atomic E-state index is -4.54. The summed E-state index contributed by atoms with van der Waals surface area (Å²) >= 11 is 0. The molecule has 0 saturated heterocycles. The van der Waals surface area contributed by atoms with E-state index < -0.39 is 41.0 Å². The molecule has 0 fully saturated rings. The second-order valence-electron chi connectivity index (χ2n) is 11.0. The maximum atomic E-state index is 14.0. The number of aliphatic hydroxyl groups is 1. The first-order chi connectivity index (χ1) is 17.7. The third-order valence-corrected chi connectivity index (χ3v) is 6.94. The molecule has 1 aromatic rings. The number of aliphatic hydroxyl groups excluding tert-OH is 1. The smallest absolute Gasteiger partial charge is 0.417 e. The minimum absolute atomic E-state index is 0.0227. The van der Waals surface area contributed by atoms with E-state index in [1.54, 1.807) is 45.0 Å². The fourth-order valence-corrected chi connectivity index (χ4v) is 5.18. The number of rotatable bonds is 5. The van der Waals surface area contributed by atoms with Crippen molar-refractivity contribution in [1.29, 1.82) is 0 Å². The summed E-state index contributed by atoms with van der Waals surface area (Å²) in [5, 5.41) is 15.6. The molecule has 3 heterocycles. The topological polar surface area (TPSA) is 107 Å². The number of hydrogen-bond donors (Lipinski definition) is 3. The van der Waals surface area contributed by atoms with Crippen LogP contribution in [-0.2, 0) is 28.7 Å². The zero-order valence-corrected chi connectivity index (χ0v) is 21.9. The third kappa shape index (κ3) is 6.12. The van der Waals surface area contributed by atoms with Crippen LogP contribution in [0.25, 0.3) is 0 Å². The number of fused-ring (bicyclic) bond motifs is 1. The lowest BCUT2D eigenvalue weighted by Crippen LogP contribution is -2.48. The normalized spacial score (nSPS) is 24.2. The lowest BCUT2D eigenvalue weighted by molar-refractivity contribution is -0.142. The van der Waals surface area contributed by atoms with E-state index in [0.717, 1.165) is 12.3 Å². The van der Waals surface area contributed by atoms with E-state index in [0.29, 0.717) is 29.9 Å². The van der Waals surface area contributed by atoms with E-state index >= 15 is 0 Å². The van der Waals surface area contributed by atoms with Gasteiger partial charge in [-0.1, -0.05) is 12.2 Å². The van der Waals surface area contributed by atoms with E-state index in [1.807, 2.05) is 6.08 Å². The summed E-state index contributed by atoms with van der Waals surface area (Å²) in [4.78, 5) is 31.9. The first kappa shape index (κ1) is 27.9. The largest absolute Gasteiger partial charge is 0.444 e. The van der Waals surface area contributed by atoms with Crippen molar-refractivity contribution in [2.45, 2.75) is 70.5 Å². The molecule has 0 spiro atoms. The van der Waals surface area contributed by atoms with Gasteiger partial charge < -0.3 is 25.1 Å². The second-order valence-corrected chi connectivity index (χ2v) is 11.0. The van der Waals surface area contributed by atoms with Crippen LogP contribution in [-0.4, -0.2) is 69.9 Å². The third-order valence-electron chi connectivity index (χ3n) is 6.94. The zero-order valence-electron chi connectivity index (χ0n) is 21.9. The quantitative estimate of drug-likeness (QED) is 0.496. The Balaban J connectivity index is 1.56. The number of halogens is 3. The van der Waals surface area contributed by atoms with Crippen LogP contribution in [0.1, 0.15) is 50.4 Å². The maximum absolute atomic E-state index is 14.0. The SMILES string of the molecule is CN1NCC=C1C(O)C[C@]1(C(=O)N2CCc3ncc(C(F)(F)F)cc3C2)C=CC(NC(=O)OC(C)(C)C)C1. The number of carbonyl (C=O) groups excluding carboxylic acids is 2. The van der Waals surface area contributed by atoms with Crippen molar-refractivity contribution in [3.05, 3.63) is 53.0 Å². The first-order valence-corrected chi connectivity index (χ1v) is 12.6. The van der Waals surface area contributed by atoms with Gasteiger partial charge in [-0.3, -0.25) is 9.78 Å². The fourth-order valence-electron chi connectivity index (χ4n) is 5.18. The predicted molar refractivity (Wildman–Crippen MR) is 132 cm³/mol. The fraction of sp³-hybridized carbons (Fsp3) is 0.577. The van der Waals surface area contributed by atoms with Crippen molar-refractivity contribution in [2.75, 3.05) is 20.1 Å². The number of ether oxygens (including phenoxy) is 1. The van der Waals surface area contributed by atoms with Crippen molar-refractivity contribution in [1.82, 2.24) is 25.6 Å². The zero-order chi connectivity index (χ0) is 27.9. The summed E-state index contributed by atoms with van der Waals surface area (Å²) in [7, 11) is 1.76. The van der Waals surface area contributed by atoms with Crippen LogP contribution in [0.2, 0.25) is 0 Å². The number of carbonyl (C=O) groups is 2. The Morgan fingerprint density at radius 2 is 2.08 bits per heavy atom. The number of nitrogens with one attached hydrogen (secondary N) is 2. The van der Waals surface area contributed by atoms with Crippen LogP contribution in [0.5, 0.6) is 0 Å². The van der Waals surface area contributed by atoms with Gasteiger partial charge in [-0.25, -0.2) is 10.2 Å². The van der Waals surface area contributed by atoms with Crippen LogP contribution >= 0.6 is 0 Å². The Hall–Kier alpha value is -3.12. The summed E-state index contributed by atoms with van der Waals surface area (Å²) in [6.45, 7) is 6.03. The van der Waals surface area contributed by atoms with Gasteiger partial charge in [0.1, 0.15) is 5.60 Å². The summed E-state index contributed by atoms with van der Waals surface area (Å²) in [5.41, 5.74) is 1.82. The molecule has 3 N–H and O–H groups in total. The van der Waals surface area contributed by atoms with Crippen molar-refractivity contribution >= 4 is 12.0 Å². The van der Waals surface area contributed by atoms with Gasteiger partial charge in [-0.2, -0.15) is 13.2 Å². The minimum Gasteiger partial charge on any atom is -0.444 e. The molecule has 9 nitrogen and oxygen atoms in total. The number of likely N-dealkylation sites (N-methyl/N-ethyl adjacent to an activating group) is 1. The summed E-state index contributed by atoms with van der Waals surface area (Å²) in [6.07, 6.45) is 0.441. The van der Waals surface area contributed by atoms with Crippen LogP contribution in [0.15, 0.2) is 36.2 Å². The highest BCUT2D eigenvalue weighted by atomic mass is 19.4. The Morgan fingerprint density at radius 3 is 2.71 bits per heavy atom. The van der Waals surface area contributed by atoms with Crippen LogP contribution in [0, 0.1) is 5.41 Å². The molecular weight excluding hydrogens is 503 g/mol. The molecule has 2 amide bonds. The van der Waals surface area contributed by atoms with Crippen molar-refractivity contribution in [3.8, 4) is 0 Å². The second kappa shape index (κ2) is 10.2. The number of amides is 2. The Kier molecular flexibility index (Phi) is 7.50. The molecule has 0 saturated carbocycles. The molecular formula is C26H34F3N5O4. The lowest BCUT2D eigenvalue weighted by Gasteiger charge is -2.38. The molecule has 0 radical (unpaired) electrons. The van der Waals surface area contributed by atoms with Gasteiger partial charge >= 0.3 is 12.3 Å². The molecule has 12 heteroatoms. The molecule has 0 bridgehead atoms. The summed E-state index contributed by atoms with van der Waals surface area (Å²) in [6, 6.07) is 0.523. The highest BCUT2D eigenvalue weighted by Gasteiger charge is 2.47. The van der Waals surface area contributed by atoms with Gasteiger partial charge in [0, 0.05) is 45.0 Å². The van der Waals surface area contributed by atoms with E-state index in [9.17, 15) is 27.9 Å². The van der Waals surface area contributed by atoms with Gasteiger partial charge in [0.2, 0.25) is 5.91 Å². The number of hydrogen-bond acceptors (Lipinski definition) is 7. The average molecular weight is 538 g/mol. The molecule has 2 aliphatic heterocycles. The molecule has 38 heavy (non-hydrogen) atoms. The predicted octanol–water partition coefficient (Wildman–Crippen LogP) is 2.91. The lowest BCUT2D eigenvalue weighted by atomic mass is 9.78. The Labute approximate surface area is 219 Å². The van der Waals surface area contributed by atoms with Crippen molar-refractivity contribution < 1.29 is 32.6 Å². The number of hydrazine groups is 1. The van der Waals surface area contributed by atoms with Gasteiger partial charge in [0.15, 0.2) is 0 Å². The van der Waals surface area contributed by atoms with E-state index in [4.69, 9.17) is 4.74 Å². The van der Waals surface area contributed by atoms with Gasteiger partial charge in [0.25, 0.3) is 0 Å². The van der Waals surface area contributed by atoms with Gasteiger partial charge in [-0.15, -0.1) is 0 Å². The van der Waals surface area contributed by atoms with Crippen molar-refractivity contribution in [2.24, 2.45) is 5.41 Å². The van der Waals surface area contributed by atoms with Crippen LogP contribution in [0.3, 0.4) is 0 Å². The summed E-state index contributed by atoms with van der Waals surface area (Å²) in [5.74, 6) is -0.321. The maximum Gasteiger partial charge on any atom is 0.417 e. The molecule has 3 atom stereocenters. The molecule has 2 unspecified atom stereocenters. The Bertz CT molecular complexity index is 1150. The number of aromatic nitrogens is 1. The monoisotopic (exact) mass is 537 g/mol. The van der Waals surface area contributed by atoms with Crippen LogP contribution in [0.4, 0.5) is 18.0 Å². The number of alkyl halides is 3. The molecule has 208 valence electrons. The highest BCUT2D eigenvalue weighted by molar-refractivity contribution is 5.86. The standard InChI is InChI=1S/C26H34F3N5O4/c1-24(2,3)38-23(37)32-18-5-8-25(12-18,13-21(35)20-6-9-31-33(20)4)22(36)34-10-7-19-16(15-34)11-17(14-30-19)26(27,28)29/h5-6,8,11,14,18,21,31,35H,7,9-10,12-13,15H2,1-4H3,(H,32,37)/t18?,21?,25-/m0/s1. The van der Waals surface area contributed by atoms with E-state index in [2.05, 4.69) is 15.7 Å². The van der Waals surface area contributed by atoms with E-state index in [-0.39, 0.29) is 31.8 Å².